The summed E-state index contributed by atoms with van der Waals surface area (Å²) in [6.45, 7) is 4.06. The molecule has 0 saturated heterocycles. The summed E-state index contributed by atoms with van der Waals surface area (Å²) < 4.78 is 2.04. The molecule has 0 aliphatic heterocycles. The molecule has 1 aromatic heterocycles. The lowest BCUT2D eigenvalue weighted by molar-refractivity contribution is 0.347. The van der Waals surface area contributed by atoms with E-state index >= 15 is 0 Å². The van der Waals surface area contributed by atoms with Gasteiger partial charge in [-0.05, 0) is 21.0 Å². The van der Waals surface area contributed by atoms with E-state index in [2.05, 4.69) is 36.2 Å². The van der Waals surface area contributed by atoms with E-state index in [1.54, 1.807) is 0 Å². The Balaban J connectivity index is 2.30. The van der Waals surface area contributed by atoms with Gasteiger partial charge in [0.1, 0.15) is 5.82 Å². The van der Waals surface area contributed by atoms with Gasteiger partial charge >= 0.3 is 0 Å². The van der Waals surface area contributed by atoms with E-state index in [4.69, 9.17) is 0 Å². The number of aryl methyl sites for hydroxylation is 1. The van der Waals surface area contributed by atoms with Gasteiger partial charge in [-0.1, -0.05) is 0 Å². The zero-order valence-electron chi connectivity index (χ0n) is 9.49. The number of likely N-dealkylation sites (N-methyl/N-ethyl adjacent to an activating group) is 1. The van der Waals surface area contributed by atoms with Crippen LogP contribution in [0.2, 0.25) is 0 Å². The van der Waals surface area contributed by atoms with Crippen molar-refractivity contribution in [2.24, 2.45) is 7.05 Å². The van der Waals surface area contributed by atoms with Gasteiger partial charge in [0.25, 0.3) is 0 Å². The molecule has 0 radical (unpaired) electrons. The van der Waals surface area contributed by atoms with Crippen LogP contribution in [0.3, 0.4) is 0 Å². The summed E-state index contributed by atoms with van der Waals surface area (Å²) in [7, 11) is 6.18. The van der Waals surface area contributed by atoms with Gasteiger partial charge in [-0.25, -0.2) is 4.98 Å². The van der Waals surface area contributed by atoms with Crippen molar-refractivity contribution in [2.45, 2.75) is 19.5 Å². The molecule has 0 amide bonds. The first-order chi connectivity index (χ1) is 6.59. The highest BCUT2D eigenvalue weighted by Gasteiger charge is 2.04. The van der Waals surface area contributed by atoms with Crippen molar-refractivity contribution in [3.63, 3.8) is 0 Å². The maximum absolute atomic E-state index is 4.25. The van der Waals surface area contributed by atoms with Crippen molar-refractivity contribution in [3.8, 4) is 0 Å². The SMILES string of the molecule is CC(CN(C)C)NCc1nccn1C. The Hall–Kier alpha value is -0.870. The molecule has 14 heavy (non-hydrogen) atoms. The summed E-state index contributed by atoms with van der Waals surface area (Å²) >= 11 is 0. The fraction of sp³-hybridized carbons (Fsp3) is 0.700. The number of hydrogen-bond acceptors (Lipinski definition) is 3. The third-order valence-corrected chi connectivity index (χ3v) is 2.17. The number of nitrogens with one attached hydrogen (secondary N) is 1. The van der Waals surface area contributed by atoms with Crippen molar-refractivity contribution in [3.05, 3.63) is 18.2 Å². The first-order valence-electron chi connectivity index (χ1n) is 4.94. The Bertz CT molecular complexity index is 267. The van der Waals surface area contributed by atoms with E-state index in [9.17, 15) is 0 Å². The maximum Gasteiger partial charge on any atom is 0.122 e. The molecule has 1 N–H and O–H groups in total. The summed E-state index contributed by atoms with van der Waals surface area (Å²) in [5.41, 5.74) is 0. The van der Waals surface area contributed by atoms with Crippen LogP contribution in [-0.4, -0.2) is 41.1 Å². The highest BCUT2D eigenvalue weighted by Crippen LogP contribution is 1.94. The summed E-state index contributed by atoms with van der Waals surface area (Å²) in [5, 5.41) is 3.43. The molecule has 0 aromatic carbocycles. The van der Waals surface area contributed by atoms with E-state index in [1.807, 2.05) is 24.0 Å². The third-order valence-electron chi connectivity index (χ3n) is 2.17. The molecule has 0 fully saturated rings. The van der Waals surface area contributed by atoms with Crippen LogP contribution in [0.4, 0.5) is 0 Å². The van der Waals surface area contributed by atoms with Gasteiger partial charge in [0, 0.05) is 32.0 Å². The van der Waals surface area contributed by atoms with Crippen molar-refractivity contribution < 1.29 is 0 Å². The quantitative estimate of drug-likeness (QED) is 0.742. The van der Waals surface area contributed by atoms with E-state index in [0.717, 1.165) is 18.9 Å². The average molecular weight is 196 g/mol. The summed E-state index contributed by atoms with van der Waals surface area (Å²) in [6.07, 6.45) is 3.79. The molecule has 1 aromatic rings. The molecule has 1 unspecified atom stereocenters. The molecule has 1 rings (SSSR count). The maximum atomic E-state index is 4.25. The Morgan fingerprint density at radius 1 is 1.57 bits per heavy atom. The van der Waals surface area contributed by atoms with Crippen LogP contribution in [0.5, 0.6) is 0 Å². The number of nitrogens with zero attached hydrogens (tertiary/aromatic N) is 3. The second-order valence-corrected chi connectivity index (χ2v) is 4.00. The van der Waals surface area contributed by atoms with E-state index in [1.165, 1.54) is 0 Å². The normalized spacial score (nSPS) is 13.5. The Morgan fingerprint density at radius 3 is 2.79 bits per heavy atom. The summed E-state index contributed by atoms with van der Waals surface area (Å²) in [5.74, 6) is 1.08. The molecule has 0 aliphatic rings. The van der Waals surface area contributed by atoms with Crippen LogP contribution < -0.4 is 5.32 Å². The first kappa shape index (κ1) is 11.2. The summed E-state index contributed by atoms with van der Waals surface area (Å²) in [4.78, 5) is 6.43. The molecular formula is C10H20N4. The monoisotopic (exact) mass is 196 g/mol. The van der Waals surface area contributed by atoms with E-state index in [-0.39, 0.29) is 0 Å². The van der Waals surface area contributed by atoms with Gasteiger partial charge in [-0.3, -0.25) is 0 Å². The molecule has 1 heterocycles. The zero-order chi connectivity index (χ0) is 10.6. The summed E-state index contributed by atoms with van der Waals surface area (Å²) in [6, 6.07) is 0.488. The Labute approximate surface area is 85.9 Å². The largest absolute Gasteiger partial charge is 0.337 e. The molecule has 4 heteroatoms. The Kier molecular flexibility index (Phi) is 4.10. The zero-order valence-corrected chi connectivity index (χ0v) is 9.49. The smallest absolute Gasteiger partial charge is 0.122 e. The van der Waals surface area contributed by atoms with E-state index < -0.39 is 0 Å². The molecule has 0 spiro atoms. The van der Waals surface area contributed by atoms with Crippen molar-refractivity contribution in [2.75, 3.05) is 20.6 Å². The predicted molar refractivity (Wildman–Crippen MR) is 58.1 cm³/mol. The van der Waals surface area contributed by atoms with Crippen LogP contribution >= 0.6 is 0 Å². The highest BCUT2D eigenvalue weighted by molar-refractivity contribution is 4.90. The van der Waals surface area contributed by atoms with Crippen LogP contribution in [-0.2, 0) is 13.6 Å². The van der Waals surface area contributed by atoms with Gasteiger partial charge in [-0.15, -0.1) is 0 Å². The van der Waals surface area contributed by atoms with Crippen LogP contribution in [0, 0.1) is 0 Å². The van der Waals surface area contributed by atoms with Gasteiger partial charge in [0.15, 0.2) is 0 Å². The van der Waals surface area contributed by atoms with Crippen molar-refractivity contribution in [1.82, 2.24) is 19.8 Å². The lowest BCUT2D eigenvalue weighted by Gasteiger charge is -2.18. The first-order valence-corrected chi connectivity index (χ1v) is 4.94. The van der Waals surface area contributed by atoms with Gasteiger partial charge in [0.05, 0.1) is 6.54 Å². The second kappa shape index (κ2) is 5.12. The van der Waals surface area contributed by atoms with E-state index in [0.29, 0.717) is 6.04 Å². The fourth-order valence-electron chi connectivity index (χ4n) is 1.44. The van der Waals surface area contributed by atoms with Crippen LogP contribution in [0.25, 0.3) is 0 Å². The molecule has 0 bridgehead atoms. The second-order valence-electron chi connectivity index (χ2n) is 4.00. The standard InChI is InChI=1S/C10H20N4/c1-9(8-13(2)3)12-7-10-11-5-6-14(10)4/h5-6,9,12H,7-8H2,1-4H3. The molecule has 80 valence electrons. The molecule has 0 saturated carbocycles. The predicted octanol–water partition coefficient (Wildman–Crippen LogP) is 0.460. The fourth-order valence-corrected chi connectivity index (χ4v) is 1.44. The minimum absolute atomic E-state index is 0.488. The van der Waals surface area contributed by atoms with Gasteiger partial charge in [-0.2, -0.15) is 0 Å². The van der Waals surface area contributed by atoms with Crippen LogP contribution in [0.15, 0.2) is 12.4 Å². The third kappa shape index (κ3) is 3.47. The Morgan fingerprint density at radius 2 is 2.29 bits per heavy atom. The molecule has 1 atom stereocenters. The minimum atomic E-state index is 0.488. The minimum Gasteiger partial charge on any atom is -0.337 e. The van der Waals surface area contributed by atoms with Crippen molar-refractivity contribution in [1.29, 1.82) is 0 Å². The topological polar surface area (TPSA) is 33.1 Å². The number of aromatic nitrogens is 2. The lowest BCUT2D eigenvalue weighted by atomic mass is 10.3. The number of rotatable bonds is 5. The highest BCUT2D eigenvalue weighted by atomic mass is 15.1. The van der Waals surface area contributed by atoms with Crippen LogP contribution in [0.1, 0.15) is 12.7 Å². The number of hydrogen-bond donors (Lipinski definition) is 1. The molecule has 4 nitrogen and oxygen atoms in total. The average Bonchev–Trinajstić information content (AvgIpc) is 2.46. The number of imidazole rings is 1. The van der Waals surface area contributed by atoms with Gasteiger partial charge < -0.3 is 14.8 Å². The van der Waals surface area contributed by atoms with Gasteiger partial charge in [0.2, 0.25) is 0 Å². The molecule has 0 aliphatic carbocycles. The molecular weight excluding hydrogens is 176 g/mol. The van der Waals surface area contributed by atoms with Crippen molar-refractivity contribution >= 4 is 0 Å². The lowest BCUT2D eigenvalue weighted by Crippen LogP contribution is -2.35.